The number of carbonyl (C=O) groups excluding carboxylic acids is 2. The third-order valence-corrected chi connectivity index (χ3v) is 8.71. The minimum Gasteiger partial charge on any atom is -0.480 e. The number of hydrogen-bond donors (Lipinski definition) is 3. The van der Waals surface area contributed by atoms with Crippen LogP contribution in [-0.4, -0.2) is 81.9 Å². The van der Waals surface area contributed by atoms with E-state index in [4.69, 9.17) is 5.11 Å². The van der Waals surface area contributed by atoms with E-state index in [0.29, 0.717) is 41.9 Å². The number of likely N-dealkylation sites (tertiary alicyclic amines) is 2. The molecule has 1 saturated carbocycles. The van der Waals surface area contributed by atoms with Crippen molar-refractivity contribution in [2.45, 2.75) is 52.0 Å². The third-order valence-electron chi connectivity index (χ3n) is 8.71. The van der Waals surface area contributed by atoms with Gasteiger partial charge in [0.05, 0.1) is 23.0 Å². The SMILES string of the molecule is Cc1nc(NCC(=O)O)nc(C)c1C(=O)N1CC2CN(CC[C@H](NC(=O)C3CCCC3)c3ccccc3)CC2C1. The van der Waals surface area contributed by atoms with E-state index in [1.165, 1.54) is 0 Å². The van der Waals surface area contributed by atoms with Gasteiger partial charge in [-0.15, -0.1) is 0 Å². The van der Waals surface area contributed by atoms with Gasteiger partial charge in [-0.1, -0.05) is 43.2 Å². The molecular weight excluding hydrogens is 508 g/mol. The predicted octanol–water partition coefficient (Wildman–Crippen LogP) is 3.03. The fourth-order valence-corrected chi connectivity index (χ4v) is 6.65. The molecule has 10 heteroatoms. The van der Waals surface area contributed by atoms with Gasteiger partial charge in [0.15, 0.2) is 0 Å². The summed E-state index contributed by atoms with van der Waals surface area (Å²) in [6.07, 6.45) is 5.14. The van der Waals surface area contributed by atoms with E-state index >= 15 is 0 Å². The van der Waals surface area contributed by atoms with E-state index in [2.05, 4.69) is 37.6 Å². The number of carboxylic acids is 1. The average molecular weight is 549 g/mol. The fourth-order valence-electron chi connectivity index (χ4n) is 6.65. The number of fused-ring (bicyclic) bond motifs is 1. The van der Waals surface area contributed by atoms with Crippen LogP contribution < -0.4 is 10.6 Å². The van der Waals surface area contributed by atoms with Crippen molar-refractivity contribution < 1.29 is 19.5 Å². The minimum atomic E-state index is -0.999. The summed E-state index contributed by atoms with van der Waals surface area (Å²) in [6, 6.07) is 10.3. The summed E-state index contributed by atoms with van der Waals surface area (Å²) >= 11 is 0. The normalized spacial score (nSPS) is 21.8. The molecule has 3 heterocycles. The molecule has 2 aromatic rings. The minimum absolute atomic E-state index is 0.00623. The van der Waals surface area contributed by atoms with Crippen molar-refractivity contribution in [2.24, 2.45) is 17.8 Å². The van der Waals surface area contributed by atoms with Crippen LogP contribution in [0.3, 0.4) is 0 Å². The lowest BCUT2D eigenvalue weighted by atomic mass is 10.0. The van der Waals surface area contributed by atoms with Gasteiger partial charge in [-0.3, -0.25) is 14.4 Å². The molecule has 1 aromatic heterocycles. The molecule has 3 fully saturated rings. The summed E-state index contributed by atoms with van der Waals surface area (Å²) in [4.78, 5) is 50.3. The molecule has 3 aliphatic rings. The summed E-state index contributed by atoms with van der Waals surface area (Å²) in [5.74, 6) is 0.349. The smallest absolute Gasteiger partial charge is 0.322 e. The monoisotopic (exact) mass is 548 g/mol. The number of aryl methyl sites for hydroxylation is 2. The molecule has 10 nitrogen and oxygen atoms in total. The Labute approximate surface area is 235 Å². The number of benzene rings is 1. The highest BCUT2D eigenvalue weighted by atomic mass is 16.4. The Kier molecular flexibility index (Phi) is 8.63. The first kappa shape index (κ1) is 28.0. The lowest BCUT2D eigenvalue weighted by Gasteiger charge is -2.26. The maximum Gasteiger partial charge on any atom is 0.322 e. The first-order valence-corrected chi connectivity index (χ1v) is 14.5. The topological polar surface area (TPSA) is 128 Å². The zero-order valence-electron chi connectivity index (χ0n) is 23.4. The van der Waals surface area contributed by atoms with Crippen LogP contribution >= 0.6 is 0 Å². The fraction of sp³-hybridized carbons (Fsp3) is 0.567. The first-order chi connectivity index (χ1) is 19.3. The number of nitrogens with zero attached hydrogens (tertiary/aromatic N) is 4. The van der Waals surface area contributed by atoms with Crippen molar-refractivity contribution in [3.63, 3.8) is 0 Å². The van der Waals surface area contributed by atoms with Crippen LogP contribution in [-0.2, 0) is 9.59 Å². The van der Waals surface area contributed by atoms with Crippen LogP contribution in [0.5, 0.6) is 0 Å². The quantitative estimate of drug-likeness (QED) is 0.414. The third kappa shape index (κ3) is 6.43. The molecule has 40 heavy (non-hydrogen) atoms. The van der Waals surface area contributed by atoms with Crippen LogP contribution in [0.15, 0.2) is 30.3 Å². The molecule has 0 radical (unpaired) electrons. The van der Waals surface area contributed by atoms with Crippen molar-refractivity contribution >= 4 is 23.7 Å². The number of anilines is 1. The zero-order chi connectivity index (χ0) is 28.2. The van der Waals surface area contributed by atoms with E-state index in [9.17, 15) is 14.4 Å². The number of nitrogens with one attached hydrogen (secondary N) is 2. The molecule has 0 spiro atoms. The van der Waals surface area contributed by atoms with Gasteiger partial charge < -0.3 is 25.5 Å². The number of carboxylic acid groups (broad SMARTS) is 1. The maximum absolute atomic E-state index is 13.4. The van der Waals surface area contributed by atoms with E-state index in [-0.39, 0.29) is 36.3 Å². The first-order valence-electron chi connectivity index (χ1n) is 14.5. The summed E-state index contributed by atoms with van der Waals surface area (Å²) in [5, 5.41) is 14.9. The summed E-state index contributed by atoms with van der Waals surface area (Å²) in [6.45, 7) is 7.46. The number of rotatable bonds is 10. The summed E-state index contributed by atoms with van der Waals surface area (Å²) in [7, 11) is 0. The van der Waals surface area contributed by atoms with Crippen molar-refractivity contribution in [2.75, 3.05) is 44.6 Å². The lowest BCUT2D eigenvalue weighted by molar-refractivity contribution is -0.135. The van der Waals surface area contributed by atoms with Crippen molar-refractivity contribution in [3.8, 4) is 0 Å². The highest BCUT2D eigenvalue weighted by molar-refractivity contribution is 5.96. The summed E-state index contributed by atoms with van der Waals surface area (Å²) in [5.41, 5.74) is 2.76. The number of amides is 2. The molecule has 3 N–H and O–H groups in total. The Bertz CT molecular complexity index is 1190. The second-order valence-electron chi connectivity index (χ2n) is 11.6. The maximum atomic E-state index is 13.4. The number of hydrogen-bond acceptors (Lipinski definition) is 7. The van der Waals surface area contributed by atoms with E-state index in [1.807, 2.05) is 23.1 Å². The molecule has 214 valence electrons. The van der Waals surface area contributed by atoms with Crippen LogP contribution in [0, 0.1) is 31.6 Å². The predicted molar refractivity (Wildman–Crippen MR) is 151 cm³/mol. The Morgan fingerprint density at radius 2 is 1.60 bits per heavy atom. The Morgan fingerprint density at radius 3 is 2.20 bits per heavy atom. The molecule has 0 bridgehead atoms. The van der Waals surface area contributed by atoms with Crippen LogP contribution in [0.4, 0.5) is 5.95 Å². The van der Waals surface area contributed by atoms with E-state index in [1.54, 1.807) is 13.8 Å². The van der Waals surface area contributed by atoms with Crippen molar-refractivity contribution in [1.82, 2.24) is 25.1 Å². The highest BCUT2D eigenvalue weighted by Crippen LogP contribution is 2.33. The van der Waals surface area contributed by atoms with Gasteiger partial charge in [0.25, 0.3) is 5.91 Å². The molecule has 2 saturated heterocycles. The Hall–Kier alpha value is -3.53. The number of carbonyl (C=O) groups is 3. The number of aromatic nitrogens is 2. The van der Waals surface area contributed by atoms with E-state index < -0.39 is 5.97 Å². The van der Waals surface area contributed by atoms with Gasteiger partial charge >= 0.3 is 5.97 Å². The summed E-state index contributed by atoms with van der Waals surface area (Å²) < 4.78 is 0. The zero-order valence-corrected chi connectivity index (χ0v) is 23.4. The van der Waals surface area contributed by atoms with Gasteiger partial charge in [-0.05, 0) is 50.5 Å². The lowest BCUT2D eigenvalue weighted by Crippen LogP contribution is -2.37. The van der Waals surface area contributed by atoms with Gasteiger partial charge in [0, 0.05) is 38.6 Å². The standard InChI is InChI=1S/C30H40N6O4/c1-19-27(20(2)33-30(32-19)31-14-26(37)38)29(40)36-17-23-15-35(16-24(23)18-36)13-12-25(21-8-4-3-5-9-21)34-28(39)22-10-6-7-11-22/h3-5,8-9,22-25H,6-7,10-18H2,1-2H3,(H,34,39)(H,37,38)(H,31,32,33)/t23?,24?,25-/m0/s1. The molecule has 2 amide bonds. The second-order valence-corrected chi connectivity index (χ2v) is 11.6. The largest absolute Gasteiger partial charge is 0.480 e. The van der Waals surface area contributed by atoms with Crippen molar-refractivity contribution in [1.29, 1.82) is 0 Å². The second kappa shape index (κ2) is 12.3. The Morgan fingerprint density at radius 1 is 0.975 bits per heavy atom. The number of aliphatic carboxylic acids is 1. The Balaban J connectivity index is 1.16. The molecule has 3 atom stereocenters. The van der Waals surface area contributed by atoms with Gasteiger partial charge in [-0.25, -0.2) is 9.97 Å². The molecular formula is C30H40N6O4. The molecule has 2 aliphatic heterocycles. The molecule has 5 rings (SSSR count). The average Bonchev–Trinajstić information content (AvgIpc) is 3.67. The van der Waals surface area contributed by atoms with Gasteiger partial charge in [0.1, 0.15) is 6.54 Å². The molecule has 2 unspecified atom stereocenters. The van der Waals surface area contributed by atoms with Crippen LogP contribution in [0.25, 0.3) is 0 Å². The van der Waals surface area contributed by atoms with E-state index in [0.717, 1.165) is 57.3 Å². The molecule has 1 aliphatic carbocycles. The van der Waals surface area contributed by atoms with Gasteiger partial charge in [-0.2, -0.15) is 0 Å². The highest BCUT2D eigenvalue weighted by Gasteiger charge is 2.42. The molecule has 1 aromatic carbocycles. The van der Waals surface area contributed by atoms with Crippen molar-refractivity contribution in [3.05, 3.63) is 52.8 Å². The van der Waals surface area contributed by atoms with Crippen LogP contribution in [0.2, 0.25) is 0 Å². The van der Waals surface area contributed by atoms with Crippen LogP contribution in [0.1, 0.15) is 65.5 Å². The van der Waals surface area contributed by atoms with Gasteiger partial charge in [0.2, 0.25) is 11.9 Å².